The minimum atomic E-state index is 0.224. The molecule has 0 amide bonds. The van der Waals surface area contributed by atoms with Gasteiger partial charge in [0.05, 0.1) is 0 Å². The fourth-order valence-corrected chi connectivity index (χ4v) is 1.77. The topological polar surface area (TPSA) is 145 Å². The van der Waals surface area contributed by atoms with Crippen LogP contribution >= 0.6 is 0 Å². The summed E-state index contributed by atoms with van der Waals surface area (Å²) in [6.07, 6.45) is 1.52. The number of rotatable bonds is 4. The Morgan fingerprint density at radius 1 is 1.23 bits per heavy atom. The van der Waals surface area contributed by atoms with Crippen molar-refractivity contribution in [1.29, 1.82) is 5.26 Å². The molecule has 10 heteroatoms. The minimum absolute atomic E-state index is 0.224. The van der Waals surface area contributed by atoms with Gasteiger partial charge in [-0.05, 0) is 29.0 Å². The number of hydrogen-bond donors (Lipinski definition) is 3. The molecule has 3 rings (SSSR count). The van der Waals surface area contributed by atoms with Crippen LogP contribution in [0.3, 0.4) is 0 Å². The molecular weight excluding hydrogens is 284 g/mol. The molecule has 0 atom stereocenters. The Morgan fingerprint density at radius 2 is 2.05 bits per heavy atom. The highest BCUT2D eigenvalue weighted by atomic mass is 15.5. The van der Waals surface area contributed by atoms with Crippen molar-refractivity contribution in [3.8, 4) is 17.5 Å². The minimum Gasteiger partial charge on any atom is -0.360 e. The van der Waals surface area contributed by atoms with Gasteiger partial charge in [-0.3, -0.25) is 0 Å². The molecule has 2 heterocycles. The van der Waals surface area contributed by atoms with E-state index in [2.05, 4.69) is 46.6 Å². The maximum absolute atomic E-state index is 9.14. The Balaban J connectivity index is 1.89. The second-order valence-electron chi connectivity index (χ2n) is 4.31. The molecule has 10 nitrogen and oxygen atoms in total. The molecule has 0 unspecified atom stereocenters. The van der Waals surface area contributed by atoms with Crippen molar-refractivity contribution in [2.75, 3.05) is 5.32 Å². The van der Waals surface area contributed by atoms with E-state index in [1.54, 1.807) is 0 Å². The van der Waals surface area contributed by atoms with Crippen LogP contribution in [-0.4, -0.2) is 41.2 Å². The van der Waals surface area contributed by atoms with Gasteiger partial charge < -0.3 is 5.32 Å². The van der Waals surface area contributed by atoms with Gasteiger partial charge in [-0.2, -0.15) is 15.7 Å². The monoisotopic (exact) mass is 294 g/mol. The fraction of sp³-hybridized carbons (Fsp3) is 0.0833. The van der Waals surface area contributed by atoms with Crippen LogP contribution in [0, 0.1) is 18.3 Å². The maximum Gasteiger partial charge on any atom is 0.216 e. The number of aryl methyl sites for hydroxylation is 1. The first-order chi connectivity index (χ1) is 10.8. The van der Waals surface area contributed by atoms with Crippen molar-refractivity contribution in [2.45, 2.75) is 6.92 Å². The number of tetrazole rings is 2. The summed E-state index contributed by atoms with van der Waals surface area (Å²) in [5.41, 5.74) is 2.86. The first-order valence-corrected chi connectivity index (χ1v) is 6.23. The van der Waals surface area contributed by atoms with E-state index in [4.69, 9.17) is 5.26 Å². The number of benzene rings is 1. The summed E-state index contributed by atoms with van der Waals surface area (Å²) in [5, 5.41) is 39.3. The summed E-state index contributed by atoms with van der Waals surface area (Å²) in [5.74, 6) is 0.715. The van der Waals surface area contributed by atoms with Crippen molar-refractivity contribution in [1.82, 2.24) is 41.2 Å². The molecule has 0 radical (unpaired) electrons. The Bertz CT molecular complexity index is 825. The second-order valence-corrected chi connectivity index (χ2v) is 4.31. The molecule has 0 aliphatic carbocycles. The molecule has 108 valence electrons. The van der Waals surface area contributed by atoms with Gasteiger partial charge in [-0.15, -0.1) is 20.4 Å². The number of nitrogens with one attached hydrogen (secondary N) is 3. The number of nitriles is 1. The highest BCUT2D eigenvalue weighted by Gasteiger charge is 2.08. The van der Waals surface area contributed by atoms with Gasteiger partial charge in [0.25, 0.3) is 0 Å². The smallest absolute Gasteiger partial charge is 0.216 e. The van der Waals surface area contributed by atoms with Gasteiger partial charge in [-0.25, -0.2) is 0 Å². The molecule has 0 aliphatic heterocycles. The SMILES string of the molecule is Cc1ccc(-c2nn[nH]n2)cc1NC=C(C#N)c1nn[nH]n1. The first-order valence-electron chi connectivity index (χ1n) is 6.23. The molecule has 0 spiro atoms. The van der Waals surface area contributed by atoms with Gasteiger partial charge >= 0.3 is 0 Å². The summed E-state index contributed by atoms with van der Waals surface area (Å²) in [7, 11) is 0. The van der Waals surface area contributed by atoms with Crippen molar-refractivity contribution < 1.29 is 0 Å². The van der Waals surface area contributed by atoms with Gasteiger partial charge in [0.15, 0.2) is 0 Å². The lowest BCUT2D eigenvalue weighted by Crippen LogP contribution is -1.96. The summed E-state index contributed by atoms with van der Waals surface area (Å²) >= 11 is 0. The lowest BCUT2D eigenvalue weighted by atomic mass is 10.1. The quantitative estimate of drug-likeness (QED) is 0.595. The predicted octanol–water partition coefficient (Wildman–Crippen LogP) is 0.665. The van der Waals surface area contributed by atoms with E-state index in [1.165, 1.54) is 6.20 Å². The summed E-state index contributed by atoms with van der Waals surface area (Å²) < 4.78 is 0. The lowest BCUT2D eigenvalue weighted by molar-refractivity contribution is 0.881. The Hall–Kier alpha value is -3.61. The van der Waals surface area contributed by atoms with E-state index in [0.29, 0.717) is 5.82 Å². The molecule has 22 heavy (non-hydrogen) atoms. The molecule has 3 N–H and O–H groups in total. The van der Waals surface area contributed by atoms with Gasteiger partial charge in [0.1, 0.15) is 11.6 Å². The van der Waals surface area contributed by atoms with E-state index in [-0.39, 0.29) is 11.4 Å². The molecule has 0 aliphatic rings. The second kappa shape index (κ2) is 5.80. The Morgan fingerprint density at radius 3 is 2.73 bits per heavy atom. The van der Waals surface area contributed by atoms with Crippen molar-refractivity contribution in [3.63, 3.8) is 0 Å². The van der Waals surface area contributed by atoms with Gasteiger partial charge in [0, 0.05) is 17.5 Å². The Labute approximate surface area is 124 Å². The molecule has 2 aromatic heterocycles. The average Bonchev–Trinajstić information content (AvgIpc) is 3.23. The molecule has 0 fully saturated rings. The molecule has 3 aromatic rings. The van der Waals surface area contributed by atoms with Crippen LogP contribution in [0.15, 0.2) is 24.4 Å². The van der Waals surface area contributed by atoms with Crippen LogP contribution in [0.2, 0.25) is 0 Å². The zero-order valence-corrected chi connectivity index (χ0v) is 11.4. The third-order valence-electron chi connectivity index (χ3n) is 2.92. The van der Waals surface area contributed by atoms with Gasteiger partial charge in [0.2, 0.25) is 11.6 Å². The zero-order valence-electron chi connectivity index (χ0n) is 11.4. The third-order valence-corrected chi connectivity index (χ3v) is 2.92. The van der Waals surface area contributed by atoms with E-state index in [9.17, 15) is 0 Å². The Kier molecular flexibility index (Phi) is 3.52. The van der Waals surface area contributed by atoms with Crippen LogP contribution in [0.5, 0.6) is 0 Å². The average molecular weight is 294 g/mol. The van der Waals surface area contributed by atoms with Crippen LogP contribution < -0.4 is 5.32 Å². The highest BCUT2D eigenvalue weighted by Crippen LogP contribution is 2.23. The predicted molar refractivity (Wildman–Crippen MR) is 75.7 cm³/mol. The summed E-state index contributed by atoms with van der Waals surface area (Å²) in [6.45, 7) is 1.94. The molecule has 0 saturated carbocycles. The van der Waals surface area contributed by atoms with Crippen molar-refractivity contribution in [2.24, 2.45) is 0 Å². The van der Waals surface area contributed by atoms with E-state index < -0.39 is 0 Å². The lowest BCUT2D eigenvalue weighted by Gasteiger charge is -2.07. The fourth-order valence-electron chi connectivity index (χ4n) is 1.77. The maximum atomic E-state index is 9.14. The van der Waals surface area contributed by atoms with E-state index >= 15 is 0 Å². The number of allylic oxidation sites excluding steroid dienone is 1. The van der Waals surface area contributed by atoms with Crippen LogP contribution in [0.1, 0.15) is 11.4 Å². The standard InChI is InChI=1S/C12H10N10/c1-7-2-3-8(11-15-19-20-16-11)4-10(7)14-6-9(5-13)12-17-21-22-18-12/h2-4,6,14H,1H3,(H,15,16,19,20)(H,17,18,21,22). The van der Waals surface area contributed by atoms with E-state index in [0.717, 1.165) is 16.8 Å². The normalized spacial score (nSPS) is 11.2. The third kappa shape index (κ3) is 2.63. The number of H-pyrrole nitrogens is 2. The largest absolute Gasteiger partial charge is 0.360 e. The van der Waals surface area contributed by atoms with Crippen LogP contribution in [0.25, 0.3) is 17.0 Å². The molecule has 0 saturated heterocycles. The van der Waals surface area contributed by atoms with E-state index in [1.807, 2.05) is 31.2 Å². The van der Waals surface area contributed by atoms with Crippen molar-refractivity contribution >= 4 is 11.3 Å². The van der Waals surface area contributed by atoms with Crippen molar-refractivity contribution in [3.05, 3.63) is 35.8 Å². The van der Waals surface area contributed by atoms with Crippen LogP contribution in [-0.2, 0) is 0 Å². The number of nitrogens with zero attached hydrogens (tertiary/aromatic N) is 7. The van der Waals surface area contributed by atoms with Crippen LogP contribution in [0.4, 0.5) is 5.69 Å². The number of anilines is 1. The number of aromatic nitrogens is 8. The zero-order chi connectivity index (χ0) is 15.4. The first kappa shape index (κ1) is 13.4. The summed E-state index contributed by atoms with van der Waals surface area (Å²) in [4.78, 5) is 0. The number of hydrogen-bond acceptors (Lipinski definition) is 8. The molecular formula is C12H10N10. The van der Waals surface area contributed by atoms with Gasteiger partial charge in [-0.1, -0.05) is 12.1 Å². The molecule has 0 bridgehead atoms. The number of aromatic amines is 2. The molecule has 1 aromatic carbocycles. The summed E-state index contributed by atoms with van der Waals surface area (Å²) in [6, 6.07) is 7.68. The highest BCUT2D eigenvalue weighted by molar-refractivity contribution is 5.75.